The zero-order valence-electron chi connectivity index (χ0n) is 18.9. The molecule has 0 aromatic heterocycles. The molecule has 0 N–H and O–H groups in total. The summed E-state index contributed by atoms with van der Waals surface area (Å²) in [7, 11) is 0. The van der Waals surface area contributed by atoms with E-state index in [-0.39, 0.29) is 12.7 Å². The molecule has 0 aromatic rings. The molecule has 1 rings (SSSR count). The molecule has 1 aliphatic rings. The van der Waals surface area contributed by atoms with Crippen LogP contribution in [0.5, 0.6) is 0 Å². The van der Waals surface area contributed by atoms with E-state index in [9.17, 15) is 26.7 Å². The van der Waals surface area contributed by atoms with Gasteiger partial charge in [0.2, 0.25) is 0 Å². The van der Waals surface area contributed by atoms with E-state index < -0.39 is 24.4 Å². The molecule has 0 radical (unpaired) electrons. The number of carbonyl (C=O) groups is 1. The maximum atomic E-state index is 13.2. The zero-order valence-corrected chi connectivity index (χ0v) is 18.9. The second kappa shape index (κ2) is 16.0. The van der Waals surface area contributed by atoms with Crippen LogP contribution in [-0.2, 0) is 9.53 Å². The highest BCUT2D eigenvalue weighted by atomic mass is 19.4. The van der Waals surface area contributed by atoms with Gasteiger partial charge in [0.05, 0.1) is 12.0 Å². The number of halogens is 5. The average molecular weight is 457 g/mol. The third-order valence-electron chi connectivity index (χ3n) is 6.32. The number of aldehydes is 1. The van der Waals surface area contributed by atoms with Crippen molar-refractivity contribution in [2.75, 3.05) is 6.61 Å². The van der Waals surface area contributed by atoms with Crippen molar-refractivity contribution < 1.29 is 31.5 Å². The van der Waals surface area contributed by atoms with E-state index in [0.717, 1.165) is 38.7 Å². The van der Waals surface area contributed by atoms with Gasteiger partial charge in [-0.3, -0.25) is 0 Å². The molecular weight excluding hydrogens is 415 g/mol. The summed E-state index contributed by atoms with van der Waals surface area (Å²) in [6.07, 6.45) is 12.6. The molecule has 1 aliphatic carbocycles. The summed E-state index contributed by atoms with van der Waals surface area (Å²) in [5.74, 6) is -7.21. The Hall–Kier alpha value is -0.720. The van der Waals surface area contributed by atoms with Gasteiger partial charge < -0.3 is 9.53 Å². The molecule has 0 spiro atoms. The summed E-state index contributed by atoms with van der Waals surface area (Å²) in [4.78, 5) is 10.6. The fourth-order valence-electron chi connectivity index (χ4n) is 4.26. The van der Waals surface area contributed by atoms with Crippen molar-refractivity contribution >= 4 is 6.29 Å². The average Bonchev–Trinajstić information content (AvgIpc) is 2.73. The summed E-state index contributed by atoms with van der Waals surface area (Å²) in [6.45, 7) is 0.895. The number of hydrogen-bond donors (Lipinski definition) is 0. The molecule has 31 heavy (non-hydrogen) atoms. The summed E-state index contributed by atoms with van der Waals surface area (Å²) >= 11 is 0. The van der Waals surface area contributed by atoms with Gasteiger partial charge in [-0.1, -0.05) is 89.9 Å². The predicted molar refractivity (Wildman–Crippen MR) is 113 cm³/mol. The molecule has 1 atom stereocenters. The van der Waals surface area contributed by atoms with Gasteiger partial charge in [0.25, 0.3) is 0 Å². The van der Waals surface area contributed by atoms with Crippen LogP contribution in [0.15, 0.2) is 0 Å². The zero-order chi connectivity index (χ0) is 23.0. The lowest BCUT2D eigenvalue weighted by Crippen LogP contribution is -2.44. The van der Waals surface area contributed by atoms with Crippen LogP contribution in [0, 0.1) is 5.92 Å². The van der Waals surface area contributed by atoms with Gasteiger partial charge in [-0.15, -0.1) is 0 Å². The highest BCUT2D eigenvalue weighted by Gasteiger charge is 2.61. The summed E-state index contributed by atoms with van der Waals surface area (Å²) in [5, 5.41) is 0. The third kappa shape index (κ3) is 12.2. The first kappa shape index (κ1) is 28.3. The van der Waals surface area contributed by atoms with E-state index in [1.807, 2.05) is 0 Å². The van der Waals surface area contributed by atoms with E-state index in [0.29, 0.717) is 12.5 Å². The van der Waals surface area contributed by atoms with Crippen LogP contribution in [0.2, 0.25) is 0 Å². The number of unbranched alkanes of at least 4 members (excludes halogenated alkanes) is 11. The molecule has 1 unspecified atom stereocenters. The van der Waals surface area contributed by atoms with E-state index in [1.54, 1.807) is 0 Å². The highest BCUT2D eigenvalue weighted by Crippen LogP contribution is 2.42. The molecule has 0 aromatic carbocycles. The van der Waals surface area contributed by atoms with Crippen molar-refractivity contribution in [3.05, 3.63) is 0 Å². The molecule has 184 valence electrons. The Morgan fingerprint density at radius 3 is 1.61 bits per heavy atom. The molecule has 1 saturated carbocycles. The Bertz CT molecular complexity index is 448. The standard InChI is InChI=1S/C24H41F5O2/c25-23(26,24(27,28)29)21(20-30)16-12-9-7-5-3-1-2-4-6-8-10-15-19-31-22-17-13-11-14-18-22/h20-22H,1-19H2. The van der Waals surface area contributed by atoms with E-state index in [4.69, 9.17) is 4.74 Å². The maximum Gasteiger partial charge on any atom is 0.454 e. The van der Waals surface area contributed by atoms with Crippen LogP contribution in [0.1, 0.15) is 116 Å². The molecule has 7 heteroatoms. The highest BCUT2D eigenvalue weighted by molar-refractivity contribution is 5.55. The van der Waals surface area contributed by atoms with Crippen molar-refractivity contribution in [2.24, 2.45) is 5.92 Å². The summed E-state index contributed by atoms with van der Waals surface area (Å²) < 4.78 is 69.2. The van der Waals surface area contributed by atoms with Crippen LogP contribution in [0.4, 0.5) is 22.0 Å². The van der Waals surface area contributed by atoms with Gasteiger partial charge >= 0.3 is 12.1 Å². The number of hydrogen-bond acceptors (Lipinski definition) is 2. The van der Waals surface area contributed by atoms with Crippen molar-refractivity contribution in [3.63, 3.8) is 0 Å². The molecule has 1 fully saturated rings. The lowest BCUT2D eigenvalue weighted by Gasteiger charge is -2.24. The quantitative estimate of drug-likeness (QED) is 0.118. The smallest absolute Gasteiger partial charge is 0.378 e. The van der Waals surface area contributed by atoms with Gasteiger partial charge in [-0.25, -0.2) is 0 Å². The van der Waals surface area contributed by atoms with Crippen LogP contribution in [0.25, 0.3) is 0 Å². The molecule has 0 bridgehead atoms. The molecule has 2 nitrogen and oxygen atoms in total. The number of alkyl halides is 5. The summed E-state index contributed by atoms with van der Waals surface area (Å²) in [5.41, 5.74) is 0. The van der Waals surface area contributed by atoms with Crippen LogP contribution in [-0.4, -0.2) is 31.1 Å². The van der Waals surface area contributed by atoms with Crippen LogP contribution in [0.3, 0.4) is 0 Å². The fraction of sp³-hybridized carbons (Fsp3) is 0.958. The second-order valence-corrected chi connectivity index (χ2v) is 9.03. The van der Waals surface area contributed by atoms with Gasteiger partial charge in [-0.2, -0.15) is 22.0 Å². The fourth-order valence-corrected chi connectivity index (χ4v) is 4.26. The monoisotopic (exact) mass is 456 g/mol. The van der Waals surface area contributed by atoms with Crippen molar-refractivity contribution in [3.8, 4) is 0 Å². The topological polar surface area (TPSA) is 26.3 Å². The van der Waals surface area contributed by atoms with Crippen LogP contribution >= 0.6 is 0 Å². The molecule has 0 amide bonds. The largest absolute Gasteiger partial charge is 0.454 e. The first-order valence-corrected chi connectivity index (χ1v) is 12.3. The van der Waals surface area contributed by atoms with E-state index in [2.05, 4.69) is 0 Å². The Morgan fingerprint density at radius 2 is 1.16 bits per heavy atom. The minimum Gasteiger partial charge on any atom is -0.378 e. The third-order valence-corrected chi connectivity index (χ3v) is 6.32. The summed E-state index contributed by atoms with van der Waals surface area (Å²) in [6, 6.07) is 0. The normalized spacial score (nSPS) is 17.1. The lowest BCUT2D eigenvalue weighted by atomic mass is 9.95. The Labute approximate surface area is 184 Å². The molecule has 0 aliphatic heterocycles. The van der Waals surface area contributed by atoms with Crippen molar-refractivity contribution in [1.29, 1.82) is 0 Å². The Balaban J connectivity index is 1.85. The second-order valence-electron chi connectivity index (χ2n) is 9.03. The Morgan fingerprint density at radius 1 is 0.710 bits per heavy atom. The first-order valence-electron chi connectivity index (χ1n) is 12.3. The van der Waals surface area contributed by atoms with Gasteiger partial charge in [0.15, 0.2) is 0 Å². The van der Waals surface area contributed by atoms with Crippen molar-refractivity contribution in [1.82, 2.24) is 0 Å². The van der Waals surface area contributed by atoms with Gasteiger partial charge in [-0.05, 0) is 25.7 Å². The molecule has 0 heterocycles. The number of carbonyl (C=O) groups excluding carboxylic acids is 1. The van der Waals surface area contributed by atoms with Gasteiger partial charge in [0, 0.05) is 6.61 Å². The SMILES string of the molecule is O=CC(CCCCCCCCCCCCCCOC1CCCCC1)C(F)(F)C(F)(F)F. The Kier molecular flexibility index (Phi) is 14.6. The van der Waals surface area contributed by atoms with E-state index >= 15 is 0 Å². The van der Waals surface area contributed by atoms with Crippen molar-refractivity contribution in [2.45, 2.75) is 134 Å². The van der Waals surface area contributed by atoms with Crippen LogP contribution < -0.4 is 0 Å². The predicted octanol–water partition coefficient (Wildman–Crippen LogP) is 8.42. The molecular formula is C24H41F5O2. The van der Waals surface area contributed by atoms with Gasteiger partial charge in [0.1, 0.15) is 6.29 Å². The molecule has 0 saturated heterocycles. The number of ether oxygens (including phenoxy) is 1. The number of rotatable bonds is 18. The first-order chi connectivity index (χ1) is 14.8. The van der Waals surface area contributed by atoms with E-state index in [1.165, 1.54) is 64.2 Å². The lowest BCUT2D eigenvalue weighted by molar-refractivity contribution is -0.297. The minimum atomic E-state index is -5.67. The maximum absolute atomic E-state index is 13.2. The minimum absolute atomic E-state index is 0.222.